The van der Waals surface area contributed by atoms with Crippen LogP contribution >= 0.6 is 11.3 Å². The lowest BCUT2D eigenvalue weighted by Gasteiger charge is -2.10. The maximum Gasteiger partial charge on any atom is 0.248 e. The van der Waals surface area contributed by atoms with Crippen LogP contribution in [0.2, 0.25) is 0 Å². The maximum absolute atomic E-state index is 12.0. The van der Waals surface area contributed by atoms with Crippen molar-refractivity contribution in [1.29, 1.82) is 0 Å². The van der Waals surface area contributed by atoms with Crippen LogP contribution in [0.4, 0.5) is 5.69 Å². The molecule has 0 saturated carbocycles. The van der Waals surface area contributed by atoms with E-state index in [0.717, 1.165) is 22.0 Å². The van der Waals surface area contributed by atoms with Gasteiger partial charge in [-0.25, -0.2) is 4.98 Å². The Morgan fingerprint density at radius 3 is 2.84 bits per heavy atom. The molecule has 0 radical (unpaired) electrons. The fourth-order valence-corrected chi connectivity index (χ4v) is 2.76. The standard InChI is InChI=1S/C19H17N3O2S/c1-13-10-15(5-7-18(13)24-17-4-3-9-20-11-17)22-19(23)8-6-16-12-25-14(2)21-16/h3-12H,1-2H3,(H,22,23)/b8-6+. The van der Waals surface area contributed by atoms with Gasteiger partial charge in [0.15, 0.2) is 0 Å². The van der Waals surface area contributed by atoms with E-state index < -0.39 is 0 Å². The molecule has 3 rings (SSSR count). The summed E-state index contributed by atoms with van der Waals surface area (Å²) in [4.78, 5) is 20.3. The van der Waals surface area contributed by atoms with Crippen molar-refractivity contribution in [3.8, 4) is 11.5 Å². The van der Waals surface area contributed by atoms with E-state index >= 15 is 0 Å². The molecule has 2 aromatic heterocycles. The lowest BCUT2D eigenvalue weighted by atomic mass is 10.2. The molecular weight excluding hydrogens is 334 g/mol. The summed E-state index contributed by atoms with van der Waals surface area (Å²) in [5.41, 5.74) is 2.41. The number of benzene rings is 1. The van der Waals surface area contributed by atoms with E-state index in [9.17, 15) is 4.79 Å². The monoisotopic (exact) mass is 351 g/mol. The normalized spacial score (nSPS) is 10.8. The molecule has 3 aromatic rings. The molecule has 0 atom stereocenters. The number of carbonyl (C=O) groups is 1. The molecule has 0 unspecified atom stereocenters. The zero-order chi connectivity index (χ0) is 17.6. The first-order valence-corrected chi connectivity index (χ1v) is 8.58. The number of thiazole rings is 1. The fourth-order valence-electron chi connectivity index (χ4n) is 2.18. The van der Waals surface area contributed by atoms with Crippen LogP contribution in [0.1, 0.15) is 16.3 Å². The third-order valence-corrected chi connectivity index (χ3v) is 4.14. The van der Waals surface area contributed by atoms with Crippen LogP contribution in [0.5, 0.6) is 11.5 Å². The number of carbonyl (C=O) groups excluding carboxylic acids is 1. The van der Waals surface area contributed by atoms with Gasteiger partial charge >= 0.3 is 0 Å². The van der Waals surface area contributed by atoms with Gasteiger partial charge in [0, 0.05) is 23.3 Å². The van der Waals surface area contributed by atoms with E-state index in [4.69, 9.17) is 4.74 Å². The molecule has 0 aliphatic carbocycles. The largest absolute Gasteiger partial charge is 0.455 e. The first kappa shape index (κ1) is 16.9. The summed E-state index contributed by atoms with van der Waals surface area (Å²) in [5.74, 6) is 1.19. The van der Waals surface area contributed by atoms with Gasteiger partial charge in [0.1, 0.15) is 11.5 Å². The highest BCUT2D eigenvalue weighted by Crippen LogP contribution is 2.26. The molecule has 0 fully saturated rings. The molecule has 25 heavy (non-hydrogen) atoms. The Kier molecular flexibility index (Phi) is 5.20. The highest BCUT2D eigenvalue weighted by Gasteiger charge is 2.05. The molecule has 6 heteroatoms. The Bertz CT molecular complexity index is 904. The topological polar surface area (TPSA) is 64.1 Å². The third kappa shape index (κ3) is 4.74. The first-order valence-electron chi connectivity index (χ1n) is 7.70. The van der Waals surface area contributed by atoms with Crippen molar-refractivity contribution < 1.29 is 9.53 Å². The average Bonchev–Trinajstić information content (AvgIpc) is 3.02. The summed E-state index contributed by atoms with van der Waals surface area (Å²) >= 11 is 1.55. The Balaban J connectivity index is 1.64. The molecule has 0 aliphatic rings. The van der Waals surface area contributed by atoms with E-state index in [1.807, 2.05) is 43.5 Å². The van der Waals surface area contributed by atoms with Crippen molar-refractivity contribution >= 4 is 29.0 Å². The van der Waals surface area contributed by atoms with Gasteiger partial charge in [-0.1, -0.05) is 0 Å². The van der Waals surface area contributed by atoms with E-state index in [0.29, 0.717) is 11.4 Å². The minimum atomic E-state index is -0.203. The SMILES string of the molecule is Cc1nc(/C=C/C(=O)Nc2ccc(Oc3cccnc3)c(C)c2)cs1. The van der Waals surface area contributed by atoms with E-state index in [1.165, 1.54) is 6.08 Å². The predicted octanol–water partition coefficient (Wildman–Crippen LogP) is 4.60. The van der Waals surface area contributed by atoms with Gasteiger partial charge in [-0.2, -0.15) is 0 Å². The molecule has 0 saturated heterocycles. The molecule has 2 heterocycles. The van der Waals surface area contributed by atoms with Gasteiger partial charge in [-0.3, -0.25) is 9.78 Å². The molecule has 5 nitrogen and oxygen atoms in total. The van der Waals surface area contributed by atoms with Crippen molar-refractivity contribution in [2.75, 3.05) is 5.32 Å². The fraction of sp³-hybridized carbons (Fsp3) is 0.105. The summed E-state index contributed by atoms with van der Waals surface area (Å²) in [6.45, 7) is 3.86. The van der Waals surface area contributed by atoms with E-state index in [-0.39, 0.29) is 5.91 Å². The number of nitrogens with zero attached hydrogens (tertiary/aromatic N) is 2. The van der Waals surface area contributed by atoms with Gasteiger partial charge in [-0.05, 0) is 55.8 Å². The number of hydrogen-bond acceptors (Lipinski definition) is 5. The third-order valence-electron chi connectivity index (χ3n) is 3.35. The average molecular weight is 351 g/mol. The number of ether oxygens (including phenoxy) is 1. The van der Waals surface area contributed by atoms with Gasteiger partial charge in [0.2, 0.25) is 5.91 Å². The molecule has 1 aromatic carbocycles. The van der Waals surface area contributed by atoms with Crippen molar-refractivity contribution in [2.45, 2.75) is 13.8 Å². The molecule has 126 valence electrons. The summed E-state index contributed by atoms with van der Waals surface area (Å²) in [5, 5.41) is 5.72. The van der Waals surface area contributed by atoms with Crippen LogP contribution in [0.3, 0.4) is 0 Å². The van der Waals surface area contributed by atoms with Crippen LogP contribution in [-0.4, -0.2) is 15.9 Å². The number of rotatable bonds is 5. The molecule has 1 N–H and O–H groups in total. The van der Waals surface area contributed by atoms with Crippen LogP contribution < -0.4 is 10.1 Å². The Labute approximate surface area is 150 Å². The quantitative estimate of drug-likeness (QED) is 0.682. The van der Waals surface area contributed by atoms with Crippen LogP contribution in [-0.2, 0) is 4.79 Å². The van der Waals surface area contributed by atoms with Crippen LogP contribution in [0.25, 0.3) is 6.08 Å². The summed E-state index contributed by atoms with van der Waals surface area (Å²) in [6.07, 6.45) is 6.52. The van der Waals surface area contributed by atoms with Gasteiger partial charge in [-0.15, -0.1) is 11.3 Å². The van der Waals surface area contributed by atoms with Crippen molar-refractivity contribution in [2.24, 2.45) is 0 Å². The number of amides is 1. The van der Waals surface area contributed by atoms with E-state index in [1.54, 1.807) is 35.9 Å². The van der Waals surface area contributed by atoms with E-state index in [2.05, 4.69) is 15.3 Å². The molecule has 0 spiro atoms. The molecular formula is C19H17N3O2S. The zero-order valence-corrected chi connectivity index (χ0v) is 14.7. The number of hydrogen-bond donors (Lipinski definition) is 1. The second kappa shape index (κ2) is 7.72. The summed E-state index contributed by atoms with van der Waals surface area (Å²) < 4.78 is 5.78. The van der Waals surface area contributed by atoms with Gasteiger partial charge < -0.3 is 10.1 Å². The van der Waals surface area contributed by atoms with Crippen molar-refractivity contribution in [1.82, 2.24) is 9.97 Å². The van der Waals surface area contributed by atoms with Gasteiger partial charge in [0.05, 0.1) is 16.9 Å². The Morgan fingerprint density at radius 1 is 1.28 bits per heavy atom. The van der Waals surface area contributed by atoms with Gasteiger partial charge in [0.25, 0.3) is 0 Å². The number of anilines is 1. The second-order valence-corrected chi connectivity index (χ2v) is 6.45. The number of pyridine rings is 1. The highest BCUT2D eigenvalue weighted by atomic mass is 32.1. The lowest BCUT2D eigenvalue weighted by molar-refractivity contribution is -0.111. The maximum atomic E-state index is 12.0. The molecule has 0 aliphatic heterocycles. The number of nitrogens with one attached hydrogen (secondary N) is 1. The number of aromatic nitrogens is 2. The smallest absolute Gasteiger partial charge is 0.248 e. The molecule has 0 bridgehead atoms. The minimum Gasteiger partial charge on any atom is -0.455 e. The van der Waals surface area contributed by atoms with Crippen LogP contribution in [0.15, 0.2) is 54.2 Å². The highest BCUT2D eigenvalue weighted by molar-refractivity contribution is 7.09. The summed E-state index contributed by atoms with van der Waals surface area (Å²) in [6, 6.07) is 9.15. The zero-order valence-electron chi connectivity index (χ0n) is 13.9. The van der Waals surface area contributed by atoms with Crippen molar-refractivity contribution in [3.05, 3.63) is 70.4 Å². The molecule has 1 amide bonds. The lowest BCUT2D eigenvalue weighted by Crippen LogP contribution is -2.07. The second-order valence-electron chi connectivity index (χ2n) is 5.39. The summed E-state index contributed by atoms with van der Waals surface area (Å²) in [7, 11) is 0. The number of aryl methyl sites for hydroxylation is 2. The first-order chi connectivity index (χ1) is 12.1. The predicted molar refractivity (Wildman–Crippen MR) is 100 cm³/mol. The van der Waals surface area contributed by atoms with Crippen LogP contribution in [0, 0.1) is 13.8 Å². The Morgan fingerprint density at radius 2 is 2.16 bits per heavy atom. The minimum absolute atomic E-state index is 0.203. The Hall–Kier alpha value is -2.99. The van der Waals surface area contributed by atoms with Crippen molar-refractivity contribution in [3.63, 3.8) is 0 Å².